The van der Waals surface area contributed by atoms with Crippen LogP contribution in [-0.4, -0.2) is 44.3 Å². The van der Waals surface area contributed by atoms with Crippen LogP contribution in [-0.2, 0) is 4.74 Å². The Morgan fingerprint density at radius 3 is 2.54 bits per heavy atom. The molecule has 0 aliphatic carbocycles. The van der Waals surface area contributed by atoms with Crippen molar-refractivity contribution in [2.45, 2.75) is 12.8 Å². The lowest BCUT2D eigenvalue weighted by Gasteiger charge is -2.39. The van der Waals surface area contributed by atoms with Gasteiger partial charge in [0.1, 0.15) is 0 Å². The van der Waals surface area contributed by atoms with Crippen LogP contribution in [0.2, 0.25) is 0 Å². The van der Waals surface area contributed by atoms with Crippen LogP contribution in [0.15, 0.2) is 0 Å². The van der Waals surface area contributed by atoms with Crippen LogP contribution < -0.4 is 5.73 Å². The maximum absolute atomic E-state index is 5.56. The predicted octanol–water partition coefficient (Wildman–Crippen LogP) is 0.303. The summed E-state index contributed by atoms with van der Waals surface area (Å²) >= 11 is 0. The SMILES string of the molecule is NCC1CN(CCCC2COC2)C1. The minimum absolute atomic E-state index is 0.784. The van der Waals surface area contributed by atoms with Crippen molar-refractivity contribution in [1.29, 1.82) is 0 Å². The molecule has 2 rings (SSSR count). The first-order chi connectivity index (χ1) is 6.38. The summed E-state index contributed by atoms with van der Waals surface area (Å²) in [6.07, 6.45) is 2.69. The topological polar surface area (TPSA) is 38.5 Å². The molecule has 76 valence electrons. The molecule has 2 N–H and O–H groups in total. The normalized spacial score (nSPS) is 25.6. The molecule has 0 spiro atoms. The second kappa shape index (κ2) is 4.40. The number of nitrogens with zero attached hydrogens (tertiary/aromatic N) is 1. The van der Waals surface area contributed by atoms with Gasteiger partial charge in [-0.2, -0.15) is 0 Å². The van der Waals surface area contributed by atoms with E-state index in [1.807, 2.05) is 0 Å². The monoisotopic (exact) mass is 184 g/mol. The summed E-state index contributed by atoms with van der Waals surface area (Å²) in [5, 5.41) is 0. The summed E-state index contributed by atoms with van der Waals surface area (Å²) in [7, 11) is 0. The highest BCUT2D eigenvalue weighted by Crippen LogP contribution is 2.19. The standard InChI is InChI=1S/C10H20N2O/c11-4-10-5-12(6-10)3-1-2-9-7-13-8-9/h9-10H,1-8,11H2. The Hall–Kier alpha value is -0.120. The maximum Gasteiger partial charge on any atom is 0.0516 e. The van der Waals surface area contributed by atoms with Gasteiger partial charge in [-0.1, -0.05) is 0 Å². The van der Waals surface area contributed by atoms with E-state index in [2.05, 4.69) is 4.90 Å². The Bertz CT molecular complexity index is 153. The zero-order valence-corrected chi connectivity index (χ0v) is 8.24. The second-order valence-electron chi connectivity index (χ2n) is 4.41. The molecule has 3 nitrogen and oxygen atoms in total. The minimum Gasteiger partial charge on any atom is -0.381 e. The Morgan fingerprint density at radius 1 is 1.23 bits per heavy atom. The smallest absolute Gasteiger partial charge is 0.0516 e. The molecule has 0 saturated carbocycles. The van der Waals surface area contributed by atoms with Crippen LogP contribution in [0, 0.1) is 11.8 Å². The highest BCUT2D eigenvalue weighted by molar-refractivity contribution is 4.80. The van der Waals surface area contributed by atoms with Crippen LogP contribution in [0.25, 0.3) is 0 Å². The van der Waals surface area contributed by atoms with E-state index in [1.54, 1.807) is 0 Å². The van der Waals surface area contributed by atoms with Gasteiger partial charge in [-0.25, -0.2) is 0 Å². The van der Waals surface area contributed by atoms with Crippen molar-refractivity contribution < 1.29 is 4.74 Å². The van der Waals surface area contributed by atoms with Crippen molar-refractivity contribution >= 4 is 0 Å². The molecule has 2 aliphatic rings. The van der Waals surface area contributed by atoms with Crippen LogP contribution in [0.3, 0.4) is 0 Å². The first-order valence-corrected chi connectivity index (χ1v) is 5.38. The molecule has 0 atom stereocenters. The van der Waals surface area contributed by atoms with Gasteiger partial charge in [0.25, 0.3) is 0 Å². The molecule has 0 radical (unpaired) electrons. The van der Waals surface area contributed by atoms with Crippen LogP contribution in [0.1, 0.15) is 12.8 Å². The molecule has 2 saturated heterocycles. The molecule has 0 aromatic carbocycles. The predicted molar refractivity (Wildman–Crippen MR) is 52.5 cm³/mol. The Morgan fingerprint density at radius 2 is 2.00 bits per heavy atom. The molecule has 0 aromatic heterocycles. The van der Waals surface area contributed by atoms with Crippen LogP contribution >= 0.6 is 0 Å². The highest BCUT2D eigenvalue weighted by atomic mass is 16.5. The number of hydrogen-bond acceptors (Lipinski definition) is 3. The average molecular weight is 184 g/mol. The van der Waals surface area contributed by atoms with Crippen molar-refractivity contribution in [3.63, 3.8) is 0 Å². The minimum atomic E-state index is 0.784. The van der Waals surface area contributed by atoms with Gasteiger partial charge in [0, 0.05) is 19.0 Å². The lowest BCUT2D eigenvalue weighted by atomic mass is 9.98. The van der Waals surface area contributed by atoms with E-state index in [1.165, 1.54) is 32.5 Å². The van der Waals surface area contributed by atoms with Crippen LogP contribution in [0.5, 0.6) is 0 Å². The third-order valence-electron chi connectivity index (χ3n) is 3.16. The van der Waals surface area contributed by atoms with Crippen molar-refractivity contribution in [3.8, 4) is 0 Å². The number of hydrogen-bond donors (Lipinski definition) is 1. The van der Waals surface area contributed by atoms with E-state index < -0.39 is 0 Å². The Kier molecular flexibility index (Phi) is 3.19. The fourth-order valence-corrected chi connectivity index (χ4v) is 2.06. The van der Waals surface area contributed by atoms with E-state index >= 15 is 0 Å². The summed E-state index contributed by atoms with van der Waals surface area (Å²) < 4.78 is 5.14. The van der Waals surface area contributed by atoms with Crippen molar-refractivity contribution in [3.05, 3.63) is 0 Å². The summed E-state index contributed by atoms with van der Waals surface area (Å²) in [4.78, 5) is 2.51. The molecule has 13 heavy (non-hydrogen) atoms. The zero-order valence-electron chi connectivity index (χ0n) is 8.24. The summed E-state index contributed by atoms with van der Waals surface area (Å²) in [6.45, 7) is 6.62. The van der Waals surface area contributed by atoms with E-state index in [4.69, 9.17) is 10.5 Å². The Balaban J connectivity index is 1.45. The van der Waals surface area contributed by atoms with Gasteiger partial charge >= 0.3 is 0 Å². The van der Waals surface area contributed by atoms with Crippen LogP contribution in [0.4, 0.5) is 0 Å². The fourth-order valence-electron chi connectivity index (χ4n) is 2.06. The molecule has 0 bridgehead atoms. The molecule has 0 amide bonds. The number of rotatable bonds is 5. The molecule has 0 aromatic rings. The zero-order chi connectivity index (χ0) is 9.10. The first kappa shape index (κ1) is 9.44. The van der Waals surface area contributed by atoms with Gasteiger partial charge in [0.2, 0.25) is 0 Å². The second-order valence-corrected chi connectivity index (χ2v) is 4.41. The van der Waals surface area contributed by atoms with E-state index in [0.717, 1.165) is 31.6 Å². The third-order valence-corrected chi connectivity index (χ3v) is 3.16. The van der Waals surface area contributed by atoms with Crippen molar-refractivity contribution in [2.24, 2.45) is 17.6 Å². The largest absolute Gasteiger partial charge is 0.381 e. The van der Waals surface area contributed by atoms with E-state index in [-0.39, 0.29) is 0 Å². The summed E-state index contributed by atoms with van der Waals surface area (Å²) in [5.74, 6) is 1.65. The number of likely N-dealkylation sites (tertiary alicyclic amines) is 1. The third kappa shape index (κ3) is 2.42. The molecule has 2 heterocycles. The molecule has 2 fully saturated rings. The molecule has 3 heteroatoms. The first-order valence-electron chi connectivity index (χ1n) is 5.38. The molecular weight excluding hydrogens is 164 g/mol. The molecule has 2 aliphatic heterocycles. The number of nitrogens with two attached hydrogens (primary N) is 1. The summed E-state index contributed by atoms with van der Waals surface area (Å²) in [6, 6.07) is 0. The molecule has 0 unspecified atom stereocenters. The van der Waals surface area contributed by atoms with Gasteiger partial charge in [0.05, 0.1) is 13.2 Å². The Labute approximate surface area is 80.2 Å². The van der Waals surface area contributed by atoms with Gasteiger partial charge in [-0.05, 0) is 31.8 Å². The van der Waals surface area contributed by atoms with Gasteiger partial charge < -0.3 is 15.4 Å². The maximum atomic E-state index is 5.56. The van der Waals surface area contributed by atoms with Gasteiger partial charge in [-0.3, -0.25) is 0 Å². The van der Waals surface area contributed by atoms with Crippen molar-refractivity contribution in [2.75, 3.05) is 39.4 Å². The van der Waals surface area contributed by atoms with E-state index in [0.29, 0.717) is 0 Å². The lowest BCUT2D eigenvalue weighted by molar-refractivity contribution is -0.0382. The lowest BCUT2D eigenvalue weighted by Crippen LogP contribution is -2.50. The van der Waals surface area contributed by atoms with E-state index in [9.17, 15) is 0 Å². The summed E-state index contributed by atoms with van der Waals surface area (Å²) in [5.41, 5.74) is 5.56. The molecular formula is C10H20N2O. The van der Waals surface area contributed by atoms with Gasteiger partial charge in [0.15, 0.2) is 0 Å². The highest BCUT2D eigenvalue weighted by Gasteiger charge is 2.25. The fraction of sp³-hybridized carbons (Fsp3) is 1.00. The van der Waals surface area contributed by atoms with Gasteiger partial charge in [-0.15, -0.1) is 0 Å². The quantitative estimate of drug-likeness (QED) is 0.668. The van der Waals surface area contributed by atoms with Crippen molar-refractivity contribution in [1.82, 2.24) is 4.90 Å². The average Bonchev–Trinajstić information content (AvgIpc) is 1.97. The number of ether oxygens (including phenoxy) is 1.